The van der Waals surface area contributed by atoms with Crippen LogP contribution in [0.2, 0.25) is 0 Å². The van der Waals surface area contributed by atoms with E-state index in [9.17, 15) is 9.59 Å². The molecule has 0 aromatic heterocycles. The predicted octanol–water partition coefficient (Wildman–Crippen LogP) is 4.35. The van der Waals surface area contributed by atoms with Crippen LogP contribution in [0.5, 0.6) is 0 Å². The second-order valence-electron chi connectivity index (χ2n) is 7.55. The number of hydrogen-bond donors (Lipinski definition) is 2. The number of para-hydroxylation sites is 1. The first-order valence-electron chi connectivity index (χ1n) is 10.0. The van der Waals surface area contributed by atoms with Crippen molar-refractivity contribution in [2.24, 2.45) is 5.92 Å². The zero-order chi connectivity index (χ0) is 20.6. The van der Waals surface area contributed by atoms with Crippen molar-refractivity contribution in [3.63, 3.8) is 0 Å². The standard InChI is InChI=1S/C23H27N3O2S/c1-26(16-18-11-3-2-4-12-18)22(28)19-13-7-8-14-20(19)24-23(29)25-21(27)15-17-9-5-6-10-17/h2-4,7-8,11-14,17H,5-6,9-10,15-16H2,1H3,(H2,24,25,27,29). The maximum atomic E-state index is 13.0. The van der Waals surface area contributed by atoms with Gasteiger partial charge < -0.3 is 15.5 Å². The van der Waals surface area contributed by atoms with Crippen LogP contribution in [0.3, 0.4) is 0 Å². The zero-order valence-corrected chi connectivity index (χ0v) is 17.5. The second kappa shape index (κ2) is 10.2. The third-order valence-corrected chi connectivity index (χ3v) is 5.42. The van der Waals surface area contributed by atoms with Crippen molar-refractivity contribution in [2.45, 2.75) is 38.6 Å². The van der Waals surface area contributed by atoms with Crippen molar-refractivity contribution in [3.8, 4) is 0 Å². The Kier molecular flexibility index (Phi) is 7.36. The molecular weight excluding hydrogens is 382 g/mol. The molecule has 2 N–H and O–H groups in total. The van der Waals surface area contributed by atoms with Crippen LogP contribution >= 0.6 is 12.2 Å². The van der Waals surface area contributed by atoms with Gasteiger partial charge in [-0.25, -0.2) is 0 Å². The van der Waals surface area contributed by atoms with E-state index in [-0.39, 0.29) is 16.9 Å². The molecule has 6 heteroatoms. The number of carbonyl (C=O) groups excluding carboxylic acids is 2. The quantitative estimate of drug-likeness (QED) is 0.696. The van der Waals surface area contributed by atoms with E-state index in [1.807, 2.05) is 42.5 Å². The number of rotatable bonds is 6. The van der Waals surface area contributed by atoms with Crippen molar-refractivity contribution in [1.29, 1.82) is 0 Å². The van der Waals surface area contributed by atoms with Gasteiger partial charge in [-0.1, -0.05) is 55.3 Å². The minimum absolute atomic E-state index is 0.0700. The second-order valence-corrected chi connectivity index (χ2v) is 7.96. The molecular formula is C23H27N3O2S. The van der Waals surface area contributed by atoms with Crippen molar-refractivity contribution in [2.75, 3.05) is 12.4 Å². The van der Waals surface area contributed by atoms with E-state index >= 15 is 0 Å². The summed E-state index contributed by atoms with van der Waals surface area (Å²) in [6.07, 6.45) is 5.12. The molecule has 1 fully saturated rings. The first-order chi connectivity index (χ1) is 14.0. The maximum Gasteiger partial charge on any atom is 0.256 e. The van der Waals surface area contributed by atoms with E-state index < -0.39 is 0 Å². The number of carbonyl (C=O) groups is 2. The Morgan fingerprint density at radius 3 is 2.41 bits per heavy atom. The van der Waals surface area contributed by atoms with Crippen LogP contribution in [0.4, 0.5) is 5.69 Å². The van der Waals surface area contributed by atoms with Gasteiger partial charge >= 0.3 is 0 Å². The predicted molar refractivity (Wildman–Crippen MR) is 120 cm³/mol. The summed E-state index contributed by atoms with van der Waals surface area (Å²) in [5.41, 5.74) is 2.16. The summed E-state index contributed by atoms with van der Waals surface area (Å²) in [5.74, 6) is 0.273. The highest BCUT2D eigenvalue weighted by Crippen LogP contribution is 2.27. The summed E-state index contributed by atoms with van der Waals surface area (Å²) in [4.78, 5) is 26.8. The van der Waals surface area contributed by atoms with Crippen LogP contribution in [0.15, 0.2) is 54.6 Å². The molecule has 0 bridgehead atoms. The average Bonchev–Trinajstić information content (AvgIpc) is 3.21. The summed E-state index contributed by atoms with van der Waals surface area (Å²) >= 11 is 5.30. The molecule has 3 rings (SSSR count). The van der Waals surface area contributed by atoms with Crippen LogP contribution in [0, 0.1) is 5.92 Å². The lowest BCUT2D eigenvalue weighted by Crippen LogP contribution is -2.35. The molecule has 1 aliphatic carbocycles. The number of nitrogens with one attached hydrogen (secondary N) is 2. The summed E-state index contributed by atoms with van der Waals surface area (Å²) in [6.45, 7) is 0.510. The number of benzene rings is 2. The Hall–Kier alpha value is -2.73. The van der Waals surface area contributed by atoms with Crippen LogP contribution < -0.4 is 10.6 Å². The lowest BCUT2D eigenvalue weighted by Gasteiger charge is -2.20. The monoisotopic (exact) mass is 409 g/mol. The summed E-state index contributed by atoms with van der Waals surface area (Å²) in [6, 6.07) is 17.0. The summed E-state index contributed by atoms with van der Waals surface area (Å²) < 4.78 is 0. The van der Waals surface area contributed by atoms with Gasteiger partial charge in [0, 0.05) is 20.0 Å². The molecule has 2 amide bonds. The van der Waals surface area contributed by atoms with Gasteiger partial charge in [0.15, 0.2) is 5.11 Å². The topological polar surface area (TPSA) is 61.4 Å². The Morgan fingerprint density at radius 2 is 1.69 bits per heavy atom. The van der Waals surface area contributed by atoms with Crippen molar-refractivity contribution in [1.82, 2.24) is 10.2 Å². The molecule has 152 valence electrons. The molecule has 1 saturated carbocycles. The largest absolute Gasteiger partial charge is 0.337 e. The fourth-order valence-electron chi connectivity index (χ4n) is 3.72. The lowest BCUT2D eigenvalue weighted by atomic mass is 10.0. The molecule has 2 aromatic rings. The molecule has 0 saturated heterocycles. The van der Waals surface area contributed by atoms with Gasteiger partial charge in [-0.15, -0.1) is 0 Å². The Bertz CT molecular complexity index is 863. The van der Waals surface area contributed by atoms with E-state index in [4.69, 9.17) is 12.2 Å². The van der Waals surface area contributed by atoms with E-state index in [0.717, 1.165) is 18.4 Å². The van der Waals surface area contributed by atoms with E-state index in [1.54, 1.807) is 24.1 Å². The van der Waals surface area contributed by atoms with Crippen LogP contribution in [0.1, 0.15) is 48.0 Å². The van der Waals surface area contributed by atoms with Gasteiger partial charge in [0.2, 0.25) is 5.91 Å². The highest BCUT2D eigenvalue weighted by atomic mass is 32.1. The molecule has 0 atom stereocenters. The fourth-order valence-corrected chi connectivity index (χ4v) is 3.95. The number of nitrogens with zero attached hydrogens (tertiary/aromatic N) is 1. The van der Waals surface area contributed by atoms with Gasteiger partial charge in [-0.05, 0) is 48.7 Å². The molecule has 5 nitrogen and oxygen atoms in total. The van der Waals surface area contributed by atoms with Crippen molar-refractivity contribution < 1.29 is 9.59 Å². The SMILES string of the molecule is CN(Cc1ccccc1)C(=O)c1ccccc1NC(=S)NC(=O)CC1CCCC1. The number of amides is 2. The van der Waals surface area contributed by atoms with Gasteiger partial charge in [0.05, 0.1) is 11.3 Å². The van der Waals surface area contributed by atoms with E-state index in [0.29, 0.717) is 30.1 Å². The molecule has 2 aromatic carbocycles. The van der Waals surface area contributed by atoms with Gasteiger partial charge in [-0.3, -0.25) is 9.59 Å². The Morgan fingerprint density at radius 1 is 1.03 bits per heavy atom. The highest BCUT2D eigenvalue weighted by molar-refractivity contribution is 7.80. The minimum atomic E-state index is -0.114. The van der Waals surface area contributed by atoms with Crippen LogP contribution in [-0.2, 0) is 11.3 Å². The van der Waals surface area contributed by atoms with Crippen molar-refractivity contribution in [3.05, 3.63) is 65.7 Å². The van der Waals surface area contributed by atoms with Crippen LogP contribution in [0.25, 0.3) is 0 Å². The zero-order valence-electron chi connectivity index (χ0n) is 16.7. The molecule has 29 heavy (non-hydrogen) atoms. The highest BCUT2D eigenvalue weighted by Gasteiger charge is 2.20. The number of anilines is 1. The molecule has 0 radical (unpaired) electrons. The van der Waals surface area contributed by atoms with Crippen LogP contribution in [-0.4, -0.2) is 28.9 Å². The Balaban J connectivity index is 1.61. The maximum absolute atomic E-state index is 13.0. The smallest absolute Gasteiger partial charge is 0.256 e. The third kappa shape index (κ3) is 6.12. The van der Waals surface area contributed by atoms with E-state index in [2.05, 4.69) is 10.6 Å². The van der Waals surface area contributed by atoms with Gasteiger partial charge in [0.1, 0.15) is 0 Å². The lowest BCUT2D eigenvalue weighted by molar-refractivity contribution is -0.120. The average molecular weight is 410 g/mol. The first kappa shape index (κ1) is 21.0. The third-order valence-electron chi connectivity index (χ3n) is 5.22. The molecule has 0 heterocycles. The van der Waals surface area contributed by atoms with Gasteiger partial charge in [0.25, 0.3) is 5.91 Å². The first-order valence-corrected chi connectivity index (χ1v) is 10.4. The van der Waals surface area contributed by atoms with Crippen molar-refractivity contribution >= 4 is 34.8 Å². The van der Waals surface area contributed by atoms with E-state index in [1.165, 1.54) is 12.8 Å². The number of thiocarbonyl (C=S) groups is 1. The fraction of sp³-hybridized carbons (Fsp3) is 0.348. The number of hydrogen-bond acceptors (Lipinski definition) is 3. The van der Waals surface area contributed by atoms with Gasteiger partial charge in [-0.2, -0.15) is 0 Å². The normalized spacial score (nSPS) is 13.7. The Labute approximate surface area is 177 Å². The minimum Gasteiger partial charge on any atom is -0.337 e. The molecule has 1 aliphatic rings. The summed E-state index contributed by atoms with van der Waals surface area (Å²) in [5, 5.41) is 5.99. The molecule has 0 unspecified atom stereocenters. The molecule has 0 spiro atoms. The summed E-state index contributed by atoms with van der Waals surface area (Å²) in [7, 11) is 1.77. The molecule has 0 aliphatic heterocycles.